The predicted molar refractivity (Wildman–Crippen MR) is 118 cm³/mol. The molecule has 4 aromatic rings. The summed E-state index contributed by atoms with van der Waals surface area (Å²) in [5, 5.41) is 10.3. The second-order valence-corrected chi connectivity index (χ2v) is 7.80. The molecule has 0 saturated heterocycles. The minimum absolute atomic E-state index is 0.389. The van der Waals surface area contributed by atoms with E-state index in [4.69, 9.17) is 44.9 Å². The molecule has 0 bridgehead atoms. The molecule has 1 N–H and O–H groups in total. The Kier molecular flexibility index (Phi) is 5.86. The van der Waals surface area contributed by atoms with E-state index in [1.54, 1.807) is 12.1 Å². The summed E-state index contributed by atoms with van der Waals surface area (Å²) in [5.74, 6) is 0.640. The van der Waals surface area contributed by atoms with Crippen molar-refractivity contribution in [3.8, 4) is 5.75 Å². The van der Waals surface area contributed by atoms with Gasteiger partial charge in [0.1, 0.15) is 12.4 Å². The second kappa shape index (κ2) is 8.54. The third-order valence-corrected chi connectivity index (χ3v) is 5.76. The summed E-state index contributed by atoms with van der Waals surface area (Å²) < 4.78 is 9.71. The fourth-order valence-corrected chi connectivity index (χ4v) is 3.82. The fourth-order valence-electron chi connectivity index (χ4n) is 3.31. The first kappa shape index (κ1) is 19.9. The maximum Gasteiger partial charge on any atom is 0.203 e. The van der Waals surface area contributed by atoms with Crippen LogP contribution in [0.15, 0.2) is 66.7 Å². The summed E-state index contributed by atoms with van der Waals surface area (Å²) in [6.45, 7) is 1.45. The SMILES string of the molecule is N=c1n(CCOc2ccccc2Cl)c2ccccc2n1Cc1ccc(Cl)c(Cl)c1. The van der Waals surface area contributed by atoms with Crippen molar-refractivity contribution in [3.63, 3.8) is 0 Å². The molecule has 0 aliphatic rings. The molecule has 0 fully saturated rings. The Morgan fingerprint density at radius 1 is 0.759 bits per heavy atom. The van der Waals surface area contributed by atoms with Crippen LogP contribution in [0.4, 0.5) is 0 Å². The lowest BCUT2D eigenvalue weighted by atomic mass is 10.2. The Hall–Kier alpha value is -2.40. The van der Waals surface area contributed by atoms with Crippen LogP contribution in [0, 0.1) is 5.41 Å². The first-order chi connectivity index (χ1) is 14.0. The molecule has 0 radical (unpaired) electrons. The zero-order chi connectivity index (χ0) is 20.4. The van der Waals surface area contributed by atoms with E-state index in [0.717, 1.165) is 16.6 Å². The summed E-state index contributed by atoms with van der Waals surface area (Å²) in [5.41, 5.74) is 3.31. The lowest BCUT2D eigenvalue weighted by Gasteiger charge is -2.09. The number of benzene rings is 3. The van der Waals surface area contributed by atoms with E-state index >= 15 is 0 Å². The number of imidazole rings is 1. The molecule has 0 spiro atoms. The first-order valence-corrected chi connectivity index (χ1v) is 10.2. The zero-order valence-electron chi connectivity index (χ0n) is 15.4. The van der Waals surface area contributed by atoms with E-state index in [1.165, 1.54) is 0 Å². The van der Waals surface area contributed by atoms with Crippen molar-refractivity contribution in [2.24, 2.45) is 0 Å². The molecule has 0 unspecified atom stereocenters. The van der Waals surface area contributed by atoms with E-state index in [-0.39, 0.29) is 0 Å². The van der Waals surface area contributed by atoms with Gasteiger partial charge in [-0.25, -0.2) is 0 Å². The molecule has 0 aliphatic carbocycles. The fraction of sp³-hybridized carbons (Fsp3) is 0.136. The molecule has 1 aromatic heterocycles. The van der Waals surface area contributed by atoms with Crippen LogP contribution in [-0.4, -0.2) is 15.7 Å². The van der Waals surface area contributed by atoms with E-state index < -0.39 is 0 Å². The van der Waals surface area contributed by atoms with Crippen LogP contribution in [0.5, 0.6) is 5.75 Å². The zero-order valence-corrected chi connectivity index (χ0v) is 17.7. The predicted octanol–water partition coefficient (Wildman–Crippen LogP) is 6.01. The molecule has 4 rings (SSSR count). The lowest BCUT2D eigenvalue weighted by molar-refractivity contribution is 0.297. The molecular formula is C22H18Cl3N3O. The Morgan fingerprint density at radius 2 is 1.45 bits per heavy atom. The van der Waals surface area contributed by atoms with Crippen molar-refractivity contribution in [2.75, 3.05) is 6.61 Å². The Morgan fingerprint density at radius 3 is 2.17 bits per heavy atom. The number of ether oxygens (including phenoxy) is 1. The van der Waals surface area contributed by atoms with Gasteiger partial charge in [0.15, 0.2) is 0 Å². The molecule has 148 valence electrons. The van der Waals surface area contributed by atoms with E-state index in [9.17, 15) is 0 Å². The van der Waals surface area contributed by atoms with E-state index in [2.05, 4.69) is 0 Å². The van der Waals surface area contributed by atoms with Crippen LogP contribution in [0.3, 0.4) is 0 Å². The summed E-state index contributed by atoms with van der Waals surface area (Å²) in [4.78, 5) is 0. The number of hydrogen-bond acceptors (Lipinski definition) is 2. The number of nitrogens with zero attached hydrogens (tertiary/aromatic N) is 2. The highest BCUT2D eigenvalue weighted by Crippen LogP contribution is 2.24. The quantitative estimate of drug-likeness (QED) is 0.387. The summed E-state index contributed by atoms with van der Waals surface area (Å²) >= 11 is 18.3. The number of rotatable bonds is 6. The Labute approximate surface area is 183 Å². The van der Waals surface area contributed by atoms with Gasteiger partial charge in [-0.2, -0.15) is 0 Å². The number of fused-ring (bicyclic) bond motifs is 1. The molecule has 0 atom stereocenters. The lowest BCUT2D eigenvalue weighted by Crippen LogP contribution is -2.27. The molecule has 3 aromatic carbocycles. The van der Waals surface area contributed by atoms with Gasteiger partial charge in [-0.1, -0.05) is 65.1 Å². The average molecular weight is 447 g/mol. The highest BCUT2D eigenvalue weighted by molar-refractivity contribution is 6.42. The molecule has 0 saturated carbocycles. The van der Waals surface area contributed by atoms with Gasteiger partial charge in [-0.05, 0) is 42.0 Å². The molecule has 7 heteroatoms. The third kappa shape index (κ3) is 4.15. The Balaban J connectivity index is 1.63. The van der Waals surface area contributed by atoms with Crippen LogP contribution < -0.4 is 10.4 Å². The molecule has 0 aliphatic heterocycles. The third-order valence-electron chi connectivity index (χ3n) is 4.71. The largest absolute Gasteiger partial charge is 0.490 e. The van der Waals surface area contributed by atoms with Gasteiger partial charge >= 0.3 is 0 Å². The van der Waals surface area contributed by atoms with Gasteiger partial charge in [-0.15, -0.1) is 0 Å². The minimum Gasteiger partial charge on any atom is -0.490 e. The molecule has 29 heavy (non-hydrogen) atoms. The average Bonchev–Trinajstić information content (AvgIpc) is 2.98. The minimum atomic E-state index is 0.389. The maximum atomic E-state index is 8.73. The monoisotopic (exact) mass is 445 g/mol. The van der Waals surface area contributed by atoms with Crippen molar-refractivity contribution in [1.29, 1.82) is 5.41 Å². The van der Waals surface area contributed by atoms with Crippen LogP contribution >= 0.6 is 34.8 Å². The normalized spacial score (nSPS) is 11.1. The number of nitrogens with one attached hydrogen (secondary N) is 1. The number of aromatic nitrogens is 2. The summed E-state index contributed by atoms with van der Waals surface area (Å²) in [6, 6.07) is 20.9. The van der Waals surface area contributed by atoms with Crippen molar-refractivity contribution in [2.45, 2.75) is 13.1 Å². The van der Waals surface area contributed by atoms with Crippen LogP contribution in [-0.2, 0) is 13.1 Å². The van der Waals surface area contributed by atoms with Crippen molar-refractivity contribution < 1.29 is 4.74 Å². The van der Waals surface area contributed by atoms with Gasteiger partial charge in [-0.3, -0.25) is 5.41 Å². The van der Waals surface area contributed by atoms with Crippen LogP contribution in [0.1, 0.15) is 5.56 Å². The van der Waals surface area contributed by atoms with Crippen LogP contribution in [0.25, 0.3) is 11.0 Å². The second-order valence-electron chi connectivity index (χ2n) is 6.58. The van der Waals surface area contributed by atoms with E-state index in [1.807, 2.05) is 63.7 Å². The topological polar surface area (TPSA) is 42.9 Å². The number of para-hydroxylation sites is 3. The standard InChI is InChI=1S/C22H18Cl3N3O/c23-16-10-9-15(13-18(16)25)14-28-20-7-3-2-6-19(20)27(22(28)26)11-12-29-21-8-4-1-5-17(21)24/h1-10,13,26H,11-12,14H2. The van der Waals surface area contributed by atoms with Gasteiger partial charge in [0, 0.05) is 0 Å². The summed E-state index contributed by atoms with van der Waals surface area (Å²) in [7, 11) is 0. The van der Waals surface area contributed by atoms with Crippen molar-refractivity contribution in [3.05, 3.63) is 93.0 Å². The first-order valence-electron chi connectivity index (χ1n) is 9.08. The highest BCUT2D eigenvalue weighted by atomic mass is 35.5. The molecular weight excluding hydrogens is 429 g/mol. The summed E-state index contributed by atoms with van der Waals surface area (Å²) in [6.07, 6.45) is 0. The number of halogens is 3. The molecule has 4 nitrogen and oxygen atoms in total. The molecule has 0 amide bonds. The van der Waals surface area contributed by atoms with Crippen molar-refractivity contribution >= 4 is 45.8 Å². The number of hydrogen-bond donors (Lipinski definition) is 1. The Bertz CT molecular complexity index is 1230. The van der Waals surface area contributed by atoms with Gasteiger partial charge in [0.2, 0.25) is 5.62 Å². The van der Waals surface area contributed by atoms with Gasteiger partial charge in [0.05, 0.1) is 39.2 Å². The van der Waals surface area contributed by atoms with E-state index in [0.29, 0.717) is 46.1 Å². The highest BCUT2D eigenvalue weighted by Gasteiger charge is 2.12. The van der Waals surface area contributed by atoms with Crippen LogP contribution in [0.2, 0.25) is 15.1 Å². The maximum absolute atomic E-state index is 8.73. The van der Waals surface area contributed by atoms with Gasteiger partial charge in [0.25, 0.3) is 0 Å². The molecule has 1 heterocycles. The smallest absolute Gasteiger partial charge is 0.203 e. The van der Waals surface area contributed by atoms with Gasteiger partial charge < -0.3 is 13.9 Å². The van der Waals surface area contributed by atoms with Crippen molar-refractivity contribution in [1.82, 2.24) is 9.13 Å².